The van der Waals surface area contributed by atoms with Crippen molar-refractivity contribution in [1.82, 2.24) is 15.3 Å². The van der Waals surface area contributed by atoms with E-state index in [-0.39, 0.29) is 17.3 Å². The maximum absolute atomic E-state index is 13.5. The average molecular weight is 231 g/mol. The van der Waals surface area contributed by atoms with E-state index in [1.165, 1.54) is 37.6 Å². The second-order valence-electron chi connectivity index (χ2n) is 3.34. The highest BCUT2D eigenvalue weighted by molar-refractivity contribution is 5.93. The van der Waals surface area contributed by atoms with Crippen LogP contribution in [0.5, 0.6) is 0 Å². The Morgan fingerprint density at radius 1 is 1.29 bits per heavy atom. The van der Waals surface area contributed by atoms with E-state index in [2.05, 4.69) is 15.3 Å². The summed E-state index contributed by atoms with van der Waals surface area (Å²) in [7, 11) is 1.51. The van der Waals surface area contributed by atoms with Crippen molar-refractivity contribution in [2.75, 3.05) is 7.05 Å². The third-order valence-corrected chi connectivity index (χ3v) is 2.25. The maximum atomic E-state index is 13.5. The highest BCUT2D eigenvalue weighted by Crippen LogP contribution is 2.19. The van der Waals surface area contributed by atoms with Crippen molar-refractivity contribution in [3.8, 4) is 11.3 Å². The molecular weight excluding hydrogens is 221 g/mol. The molecule has 2 rings (SSSR count). The number of nitrogens with zero attached hydrogens (tertiary/aromatic N) is 2. The number of aromatic nitrogens is 2. The van der Waals surface area contributed by atoms with Crippen LogP contribution in [0.4, 0.5) is 4.39 Å². The van der Waals surface area contributed by atoms with Crippen molar-refractivity contribution >= 4 is 5.91 Å². The van der Waals surface area contributed by atoms with Gasteiger partial charge in [0, 0.05) is 25.0 Å². The molecule has 0 radical (unpaired) electrons. The Morgan fingerprint density at radius 2 is 2.12 bits per heavy atom. The zero-order chi connectivity index (χ0) is 12.3. The molecule has 0 aliphatic carbocycles. The van der Waals surface area contributed by atoms with E-state index < -0.39 is 5.82 Å². The van der Waals surface area contributed by atoms with Crippen LogP contribution in [-0.2, 0) is 0 Å². The van der Waals surface area contributed by atoms with Crippen molar-refractivity contribution in [1.29, 1.82) is 0 Å². The number of amides is 1. The molecule has 0 bridgehead atoms. The van der Waals surface area contributed by atoms with E-state index >= 15 is 0 Å². The van der Waals surface area contributed by atoms with Crippen LogP contribution in [0.1, 0.15) is 10.5 Å². The van der Waals surface area contributed by atoms with E-state index in [9.17, 15) is 9.18 Å². The van der Waals surface area contributed by atoms with Gasteiger partial charge in [0.05, 0.1) is 0 Å². The molecule has 17 heavy (non-hydrogen) atoms. The minimum absolute atomic E-state index is 0.208. The molecule has 0 aliphatic heterocycles. The van der Waals surface area contributed by atoms with Gasteiger partial charge in [0.2, 0.25) is 0 Å². The Labute approximate surface area is 97.5 Å². The van der Waals surface area contributed by atoms with Gasteiger partial charge in [0.15, 0.2) is 0 Å². The number of nitrogens with one attached hydrogen (secondary N) is 1. The largest absolute Gasteiger partial charge is 0.354 e. The van der Waals surface area contributed by atoms with Gasteiger partial charge in [-0.15, -0.1) is 0 Å². The quantitative estimate of drug-likeness (QED) is 0.854. The van der Waals surface area contributed by atoms with Crippen LogP contribution in [0.2, 0.25) is 0 Å². The summed E-state index contributed by atoms with van der Waals surface area (Å²) in [4.78, 5) is 19.2. The summed E-state index contributed by atoms with van der Waals surface area (Å²) in [6, 6.07) is 5.95. The fourth-order valence-electron chi connectivity index (χ4n) is 1.43. The summed E-state index contributed by atoms with van der Waals surface area (Å²) in [6.45, 7) is 0. The second-order valence-corrected chi connectivity index (χ2v) is 3.34. The number of halogens is 1. The smallest absolute Gasteiger partial charge is 0.269 e. The van der Waals surface area contributed by atoms with Crippen LogP contribution >= 0.6 is 0 Å². The van der Waals surface area contributed by atoms with Gasteiger partial charge in [-0.1, -0.05) is 0 Å². The van der Waals surface area contributed by atoms with Gasteiger partial charge in [-0.25, -0.2) is 4.39 Å². The summed E-state index contributed by atoms with van der Waals surface area (Å²) >= 11 is 0. The lowest BCUT2D eigenvalue weighted by Crippen LogP contribution is -2.19. The molecule has 1 amide bonds. The summed E-state index contributed by atoms with van der Waals surface area (Å²) in [6.07, 6.45) is 2.95. The van der Waals surface area contributed by atoms with E-state index in [4.69, 9.17) is 0 Å². The molecule has 0 saturated carbocycles. The van der Waals surface area contributed by atoms with E-state index in [0.717, 1.165) is 0 Å². The van der Waals surface area contributed by atoms with Gasteiger partial charge in [0.1, 0.15) is 17.2 Å². The monoisotopic (exact) mass is 231 g/mol. The normalized spacial score (nSPS) is 10.0. The second kappa shape index (κ2) is 4.69. The maximum Gasteiger partial charge on any atom is 0.269 e. The highest BCUT2D eigenvalue weighted by Gasteiger charge is 2.10. The lowest BCUT2D eigenvalue weighted by molar-refractivity contribution is 0.0958. The molecule has 0 atom stereocenters. The number of carbonyl (C=O) groups is 1. The molecule has 86 valence electrons. The van der Waals surface area contributed by atoms with Crippen LogP contribution < -0.4 is 5.32 Å². The fraction of sp³-hybridized carbons (Fsp3) is 0.0833. The molecule has 0 fully saturated rings. The third kappa shape index (κ3) is 2.28. The lowest BCUT2D eigenvalue weighted by atomic mass is 10.1. The number of carbonyl (C=O) groups excluding carboxylic acids is 1. The zero-order valence-corrected chi connectivity index (χ0v) is 9.14. The van der Waals surface area contributed by atoms with Crippen molar-refractivity contribution in [2.24, 2.45) is 0 Å². The minimum Gasteiger partial charge on any atom is -0.354 e. The van der Waals surface area contributed by atoms with Crippen LogP contribution in [0.3, 0.4) is 0 Å². The molecule has 0 unspecified atom stereocenters. The molecule has 2 aromatic rings. The molecule has 0 aromatic carbocycles. The summed E-state index contributed by atoms with van der Waals surface area (Å²) in [5, 5.41) is 2.46. The van der Waals surface area contributed by atoms with Gasteiger partial charge in [0.25, 0.3) is 5.91 Å². The van der Waals surface area contributed by atoms with Gasteiger partial charge in [-0.05, 0) is 24.3 Å². The Kier molecular flexibility index (Phi) is 3.09. The fourth-order valence-corrected chi connectivity index (χ4v) is 1.43. The molecule has 2 aromatic heterocycles. The Balaban J connectivity index is 2.47. The molecule has 1 N–H and O–H groups in total. The van der Waals surface area contributed by atoms with Crippen LogP contribution in [-0.4, -0.2) is 22.9 Å². The predicted octanol–water partition coefficient (Wildman–Crippen LogP) is 1.64. The SMILES string of the molecule is CNC(=O)c1cc(-c2ncccc2F)ccn1. The first-order chi connectivity index (χ1) is 8.22. The summed E-state index contributed by atoms with van der Waals surface area (Å²) in [5.74, 6) is -0.746. The Hall–Kier alpha value is -2.30. The number of pyridine rings is 2. The topological polar surface area (TPSA) is 54.9 Å². The van der Waals surface area contributed by atoms with Crippen molar-refractivity contribution < 1.29 is 9.18 Å². The van der Waals surface area contributed by atoms with E-state index in [0.29, 0.717) is 5.56 Å². The zero-order valence-electron chi connectivity index (χ0n) is 9.14. The Bertz CT molecular complexity index is 557. The number of hydrogen-bond donors (Lipinski definition) is 1. The van der Waals surface area contributed by atoms with Crippen molar-refractivity contribution in [3.63, 3.8) is 0 Å². The van der Waals surface area contributed by atoms with Crippen LogP contribution in [0.25, 0.3) is 11.3 Å². The van der Waals surface area contributed by atoms with Gasteiger partial charge in [-0.2, -0.15) is 0 Å². The summed E-state index contributed by atoms with van der Waals surface area (Å²) in [5.41, 5.74) is 0.965. The molecule has 0 aliphatic rings. The molecular formula is C12H10FN3O. The Morgan fingerprint density at radius 3 is 2.82 bits per heavy atom. The van der Waals surface area contributed by atoms with Gasteiger partial charge < -0.3 is 5.32 Å². The number of rotatable bonds is 2. The van der Waals surface area contributed by atoms with Gasteiger partial charge >= 0.3 is 0 Å². The van der Waals surface area contributed by atoms with Crippen LogP contribution in [0.15, 0.2) is 36.7 Å². The van der Waals surface area contributed by atoms with Crippen molar-refractivity contribution in [2.45, 2.75) is 0 Å². The van der Waals surface area contributed by atoms with E-state index in [1.54, 1.807) is 6.07 Å². The molecule has 2 heterocycles. The minimum atomic E-state index is -0.429. The van der Waals surface area contributed by atoms with Crippen LogP contribution in [0, 0.1) is 5.82 Å². The molecule has 4 nitrogen and oxygen atoms in total. The first-order valence-corrected chi connectivity index (χ1v) is 5.01. The molecule has 0 saturated heterocycles. The summed E-state index contributed by atoms with van der Waals surface area (Å²) < 4.78 is 13.5. The van der Waals surface area contributed by atoms with E-state index in [1.807, 2.05) is 0 Å². The first kappa shape index (κ1) is 11.2. The van der Waals surface area contributed by atoms with Gasteiger partial charge in [-0.3, -0.25) is 14.8 Å². The highest BCUT2D eigenvalue weighted by atomic mass is 19.1. The molecule has 5 heteroatoms. The average Bonchev–Trinajstić information content (AvgIpc) is 2.38. The predicted molar refractivity (Wildman–Crippen MR) is 60.8 cm³/mol. The third-order valence-electron chi connectivity index (χ3n) is 2.25. The number of hydrogen-bond acceptors (Lipinski definition) is 3. The van der Waals surface area contributed by atoms with Crippen molar-refractivity contribution in [3.05, 3.63) is 48.2 Å². The molecule has 0 spiro atoms. The standard InChI is InChI=1S/C12H10FN3O/c1-14-12(17)10-7-8(4-6-15-10)11-9(13)3-2-5-16-11/h2-7H,1H3,(H,14,17). The first-order valence-electron chi connectivity index (χ1n) is 5.01. The lowest BCUT2D eigenvalue weighted by Gasteiger charge is -2.04.